The van der Waals surface area contributed by atoms with Crippen molar-refractivity contribution in [2.45, 2.75) is 15.4 Å². The summed E-state index contributed by atoms with van der Waals surface area (Å²) in [6.07, 6.45) is 0. The van der Waals surface area contributed by atoms with E-state index in [9.17, 15) is 8.42 Å². The number of rotatable bonds is 5. The third-order valence-corrected chi connectivity index (χ3v) is 9.15. The van der Waals surface area contributed by atoms with Gasteiger partial charge in [0, 0.05) is 49.8 Å². The largest absolute Gasteiger partial charge is 0.362 e. The summed E-state index contributed by atoms with van der Waals surface area (Å²) in [4.78, 5) is 2.33. The molecule has 1 unspecified atom stereocenters. The molecule has 1 aliphatic heterocycles. The number of benzene rings is 3. The number of piperazine rings is 1. The monoisotopic (exact) mass is 654 g/mol. The van der Waals surface area contributed by atoms with Crippen LogP contribution in [0.3, 0.4) is 0 Å². The molecule has 0 N–H and O–H groups in total. The van der Waals surface area contributed by atoms with Gasteiger partial charge in [-0.25, -0.2) is 8.42 Å². The first kappa shape index (κ1) is 25.4. The molecule has 0 radical (unpaired) electrons. The molecule has 0 saturated carbocycles. The van der Waals surface area contributed by atoms with Gasteiger partial charge in [0.25, 0.3) is 0 Å². The van der Waals surface area contributed by atoms with E-state index in [1.54, 1.807) is 0 Å². The smallest absolute Gasteiger partial charge is 0.243 e. The van der Waals surface area contributed by atoms with Gasteiger partial charge in [-0.2, -0.15) is 4.31 Å². The zero-order chi connectivity index (χ0) is 23.8. The van der Waals surface area contributed by atoms with E-state index in [4.69, 9.17) is 46.4 Å². The summed E-state index contributed by atoms with van der Waals surface area (Å²) < 4.78 is 29.2. The Bertz CT molecular complexity index is 1250. The van der Waals surface area contributed by atoms with Crippen molar-refractivity contribution in [3.8, 4) is 0 Å². The Morgan fingerprint density at radius 1 is 0.818 bits per heavy atom. The highest BCUT2D eigenvalue weighted by molar-refractivity contribution is 14.1. The van der Waals surface area contributed by atoms with Crippen LogP contribution < -0.4 is 4.90 Å². The van der Waals surface area contributed by atoms with E-state index < -0.39 is 10.0 Å². The van der Waals surface area contributed by atoms with Crippen molar-refractivity contribution in [2.24, 2.45) is 0 Å². The van der Waals surface area contributed by atoms with E-state index in [0.717, 1.165) is 21.2 Å². The van der Waals surface area contributed by atoms with Crippen LogP contribution in [0, 0.1) is 0 Å². The quantitative estimate of drug-likeness (QED) is 0.211. The fourth-order valence-electron chi connectivity index (χ4n) is 4.00. The lowest BCUT2D eigenvalue weighted by Gasteiger charge is -2.43. The van der Waals surface area contributed by atoms with E-state index >= 15 is 0 Å². The van der Waals surface area contributed by atoms with Crippen LogP contribution in [0.15, 0.2) is 65.6 Å². The van der Waals surface area contributed by atoms with Crippen molar-refractivity contribution < 1.29 is 8.42 Å². The molecule has 0 spiro atoms. The van der Waals surface area contributed by atoms with Crippen LogP contribution in [-0.2, 0) is 14.5 Å². The maximum atomic E-state index is 13.5. The normalized spacial score (nSPS) is 17.4. The van der Waals surface area contributed by atoms with Crippen molar-refractivity contribution in [3.63, 3.8) is 0 Å². The molecule has 1 aliphatic rings. The maximum absolute atomic E-state index is 13.5. The van der Waals surface area contributed by atoms with Crippen molar-refractivity contribution in [1.29, 1.82) is 0 Å². The van der Waals surface area contributed by atoms with Gasteiger partial charge in [0.1, 0.15) is 0 Å². The van der Waals surface area contributed by atoms with Crippen LogP contribution in [0.4, 0.5) is 5.69 Å². The highest BCUT2D eigenvalue weighted by atomic mass is 127. The van der Waals surface area contributed by atoms with E-state index in [1.165, 1.54) is 22.5 Å². The Balaban J connectivity index is 1.75. The number of nitrogens with zero attached hydrogens (tertiary/aromatic N) is 2. The first-order valence-electron chi connectivity index (χ1n) is 10.0. The lowest BCUT2D eigenvalue weighted by Crippen LogP contribution is -2.50. The lowest BCUT2D eigenvalue weighted by atomic mass is 10.0. The molecule has 0 aliphatic carbocycles. The van der Waals surface area contributed by atoms with Crippen LogP contribution in [0.25, 0.3) is 0 Å². The van der Waals surface area contributed by atoms with Crippen LogP contribution in [0.1, 0.15) is 17.2 Å². The zero-order valence-corrected chi connectivity index (χ0v) is 23.2. The Labute approximate surface area is 227 Å². The summed E-state index contributed by atoms with van der Waals surface area (Å²) in [5.74, 6) is 0. The van der Waals surface area contributed by atoms with Gasteiger partial charge in [-0.05, 0) is 59.7 Å². The molecule has 0 bridgehead atoms. The highest BCUT2D eigenvalue weighted by Crippen LogP contribution is 2.37. The first-order chi connectivity index (χ1) is 15.7. The standard InChI is InChI=1S/C23H19Cl4IN2O2S/c24-17-3-1-15(2-4-17)23-14-29(33(31,32)21-11-19(26)10-20(27)12-21)7-8-30(23)22-6-5-18(25)9-16(22)13-28/h1-6,9-12,23H,7-8,13-14H2. The zero-order valence-electron chi connectivity index (χ0n) is 17.2. The van der Waals surface area contributed by atoms with Gasteiger partial charge < -0.3 is 4.90 Å². The second-order valence-electron chi connectivity index (χ2n) is 7.64. The summed E-state index contributed by atoms with van der Waals surface area (Å²) in [7, 11) is -3.80. The van der Waals surface area contributed by atoms with Crippen molar-refractivity contribution in [1.82, 2.24) is 4.31 Å². The minimum absolute atomic E-state index is 0.0859. The van der Waals surface area contributed by atoms with Gasteiger partial charge >= 0.3 is 0 Å². The summed E-state index contributed by atoms with van der Waals surface area (Å²) in [6, 6.07) is 17.5. The average molecular weight is 656 g/mol. The molecule has 0 aromatic heterocycles. The molecule has 1 saturated heterocycles. The van der Waals surface area contributed by atoms with Crippen LogP contribution in [0.2, 0.25) is 20.1 Å². The molecule has 1 fully saturated rings. The molecule has 174 valence electrons. The number of anilines is 1. The fraction of sp³-hybridized carbons (Fsp3) is 0.217. The Hall–Kier alpha value is -0.740. The summed E-state index contributed by atoms with van der Waals surface area (Å²) >= 11 is 26.8. The molecule has 1 atom stereocenters. The molecular formula is C23H19Cl4IN2O2S. The average Bonchev–Trinajstić information content (AvgIpc) is 2.78. The van der Waals surface area contributed by atoms with Gasteiger partial charge in [-0.1, -0.05) is 81.1 Å². The molecule has 0 amide bonds. The van der Waals surface area contributed by atoms with Gasteiger partial charge in [-0.15, -0.1) is 0 Å². The topological polar surface area (TPSA) is 40.6 Å². The van der Waals surface area contributed by atoms with Gasteiger partial charge in [0.2, 0.25) is 10.0 Å². The van der Waals surface area contributed by atoms with E-state index in [1.807, 2.05) is 42.5 Å². The SMILES string of the molecule is O=S(=O)(c1cc(Cl)cc(Cl)c1)N1CCN(c2ccc(Cl)cc2CI)C(c2ccc(Cl)cc2)C1. The van der Waals surface area contributed by atoms with Crippen molar-refractivity contribution in [3.05, 3.63) is 91.9 Å². The molecule has 10 heteroatoms. The van der Waals surface area contributed by atoms with Crippen molar-refractivity contribution in [2.75, 3.05) is 24.5 Å². The minimum Gasteiger partial charge on any atom is -0.362 e. The first-order valence-corrected chi connectivity index (χ1v) is 14.5. The predicted octanol–water partition coefficient (Wildman–Crippen LogP) is 7.49. The molecule has 1 heterocycles. The molecule has 3 aromatic rings. The summed E-state index contributed by atoms with van der Waals surface area (Å²) in [5.41, 5.74) is 3.11. The number of halogens is 5. The number of hydrogen-bond donors (Lipinski definition) is 0. The number of hydrogen-bond acceptors (Lipinski definition) is 3. The van der Waals surface area contributed by atoms with Crippen LogP contribution in [-0.4, -0.2) is 32.4 Å². The minimum atomic E-state index is -3.80. The van der Waals surface area contributed by atoms with Crippen LogP contribution >= 0.6 is 69.0 Å². The molecule has 3 aromatic carbocycles. The van der Waals surface area contributed by atoms with E-state index in [0.29, 0.717) is 23.1 Å². The molecular weight excluding hydrogens is 637 g/mol. The second kappa shape index (κ2) is 10.5. The Kier molecular flexibility index (Phi) is 8.05. The summed E-state index contributed by atoms with van der Waals surface area (Å²) in [5, 5.41) is 1.86. The predicted molar refractivity (Wildman–Crippen MR) is 146 cm³/mol. The van der Waals surface area contributed by atoms with Gasteiger partial charge in [0.05, 0.1) is 10.9 Å². The van der Waals surface area contributed by atoms with Gasteiger partial charge in [-0.3, -0.25) is 0 Å². The molecule has 4 rings (SSSR count). The third-order valence-electron chi connectivity index (χ3n) is 5.57. The lowest BCUT2D eigenvalue weighted by molar-refractivity contribution is 0.335. The second-order valence-corrected chi connectivity index (χ2v) is 12.1. The maximum Gasteiger partial charge on any atom is 0.243 e. The molecule has 33 heavy (non-hydrogen) atoms. The number of alkyl halides is 1. The number of sulfonamides is 1. The molecule has 4 nitrogen and oxygen atoms in total. The van der Waals surface area contributed by atoms with E-state index in [2.05, 4.69) is 27.5 Å². The third kappa shape index (κ3) is 5.58. The Morgan fingerprint density at radius 3 is 2.09 bits per heavy atom. The highest BCUT2D eigenvalue weighted by Gasteiger charge is 2.36. The Morgan fingerprint density at radius 2 is 1.45 bits per heavy atom. The summed E-state index contributed by atoms with van der Waals surface area (Å²) in [6.45, 7) is 1.09. The fourth-order valence-corrected chi connectivity index (χ4v) is 7.10. The van der Waals surface area contributed by atoms with Crippen LogP contribution in [0.5, 0.6) is 0 Å². The van der Waals surface area contributed by atoms with Gasteiger partial charge in [0.15, 0.2) is 0 Å². The van der Waals surface area contributed by atoms with E-state index in [-0.39, 0.29) is 27.5 Å². The van der Waals surface area contributed by atoms with Crippen molar-refractivity contribution >= 4 is 84.7 Å².